The van der Waals surface area contributed by atoms with Gasteiger partial charge in [0.2, 0.25) is 0 Å². The fourth-order valence-corrected chi connectivity index (χ4v) is 6.64. The van der Waals surface area contributed by atoms with Crippen molar-refractivity contribution in [2.75, 3.05) is 52.9 Å². The Morgan fingerprint density at radius 2 is 0.667 bits per heavy atom. The molecule has 288 valence electrons. The molecule has 10 nitrogen and oxygen atoms in total. The molecule has 0 amide bonds. The average Bonchev–Trinajstić information content (AvgIpc) is 3.09. The van der Waals surface area contributed by atoms with Gasteiger partial charge in [0, 0.05) is 28.7 Å². The first-order valence-corrected chi connectivity index (χ1v) is 18.6. The first kappa shape index (κ1) is 44.9. The molecule has 14 heteroatoms. The molecule has 0 aromatic heterocycles. The van der Waals surface area contributed by atoms with Gasteiger partial charge in [-0.3, -0.25) is 0 Å². The lowest BCUT2D eigenvalue weighted by Gasteiger charge is -2.37. The van der Waals surface area contributed by atoms with Crippen molar-refractivity contribution in [3.63, 3.8) is 0 Å². The SMILES string of the molecule is C=CC(OCC)(OCC)Oc1c(Cl)c(OCC)c(C(C)(C)c2c(OCC)c(Cl)c(OC(C=C)(OCC)OCC)c(Cl)c2OCC)c(OCC)c1Cl. The lowest BCUT2D eigenvalue weighted by molar-refractivity contribution is -0.308. The predicted octanol–water partition coefficient (Wildman–Crippen LogP) is 10.8. The van der Waals surface area contributed by atoms with Gasteiger partial charge in [0.25, 0.3) is 0 Å². The van der Waals surface area contributed by atoms with Crippen molar-refractivity contribution in [1.29, 1.82) is 0 Å². The van der Waals surface area contributed by atoms with Gasteiger partial charge in [0.15, 0.2) is 11.5 Å². The van der Waals surface area contributed by atoms with Gasteiger partial charge in [-0.05, 0) is 55.4 Å². The van der Waals surface area contributed by atoms with Crippen LogP contribution in [0.5, 0.6) is 34.5 Å². The molecule has 0 N–H and O–H groups in total. The highest BCUT2D eigenvalue weighted by atomic mass is 35.5. The van der Waals surface area contributed by atoms with E-state index in [1.165, 1.54) is 12.2 Å². The van der Waals surface area contributed by atoms with Crippen LogP contribution in [0.4, 0.5) is 0 Å². The van der Waals surface area contributed by atoms with Crippen LogP contribution in [-0.4, -0.2) is 64.8 Å². The van der Waals surface area contributed by atoms with Gasteiger partial charge in [-0.2, -0.15) is 0 Å². The standard InChI is InChI=1S/C37H52Cl4O10/c1-13-36(46-19-7,47-20-8)50-33-25(38)29(42-15-3)23(30(26(33)39)43-16-4)35(11,12)24-31(44-17-5)27(40)34(28(41)32(24)45-18-6)51-37(14-2,48-21-9)49-22-10/h13-14H,1-2,15-22H2,3-12H3. The number of halogens is 4. The normalized spacial score (nSPS) is 12.0. The molecule has 0 saturated heterocycles. The molecule has 51 heavy (non-hydrogen) atoms. The molecular formula is C37H52Cl4O10. The van der Waals surface area contributed by atoms with Crippen molar-refractivity contribution in [3.05, 3.63) is 56.5 Å². The molecule has 0 heterocycles. The van der Waals surface area contributed by atoms with Crippen LogP contribution < -0.4 is 28.4 Å². The van der Waals surface area contributed by atoms with Gasteiger partial charge in [-0.15, -0.1) is 0 Å². The Balaban J connectivity index is 3.19. The van der Waals surface area contributed by atoms with E-state index in [9.17, 15) is 0 Å². The number of hydrogen-bond acceptors (Lipinski definition) is 10. The van der Waals surface area contributed by atoms with Crippen LogP contribution in [0.3, 0.4) is 0 Å². The van der Waals surface area contributed by atoms with Crippen LogP contribution in [0.15, 0.2) is 25.3 Å². The van der Waals surface area contributed by atoms with Crippen LogP contribution in [0.1, 0.15) is 80.4 Å². The highest BCUT2D eigenvalue weighted by Crippen LogP contribution is 2.61. The van der Waals surface area contributed by atoms with Gasteiger partial charge in [0.1, 0.15) is 43.1 Å². The Kier molecular flexibility index (Phi) is 17.8. The molecule has 0 fully saturated rings. The second-order valence-corrected chi connectivity index (χ2v) is 12.4. The zero-order valence-corrected chi connectivity index (χ0v) is 34.3. The van der Waals surface area contributed by atoms with E-state index in [-0.39, 0.29) is 107 Å². The molecule has 2 rings (SSSR count). The predicted molar refractivity (Wildman–Crippen MR) is 203 cm³/mol. The van der Waals surface area contributed by atoms with E-state index in [4.69, 9.17) is 93.8 Å². The van der Waals surface area contributed by atoms with Gasteiger partial charge >= 0.3 is 11.9 Å². The maximum absolute atomic E-state index is 7.16. The molecule has 0 spiro atoms. The third-order valence-electron chi connectivity index (χ3n) is 7.28. The summed E-state index contributed by atoms with van der Waals surface area (Å²) in [5.74, 6) is -2.63. The summed E-state index contributed by atoms with van der Waals surface area (Å²) in [6.45, 7) is 27.7. The molecule has 2 aromatic carbocycles. The van der Waals surface area contributed by atoms with Gasteiger partial charge < -0.3 is 47.4 Å². The van der Waals surface area contributed by atoms with Crippen molar-refractivity contribution in [2.45, 2.75) is 86.6 Å². The quantitative estimate of drug-likeness (QED) is 0.0755. The average molecular weight is 799 g/mol. The Hall–Kier alpha value is -2.28. The smallest absolute Gasteiger partial charge is 0.348 e. The summed E-state index contributed by atoms with van der Waals surface area (Å²) < 4.78 is 61.0. The summed E-state index contributed by atoms with van der Waals surface area (Å²) in [4.78, 5) is 0. The fourth-order valence-electron chi connectivity index (χ4n) is 5.42. The van der Waals surface area contributed by atoms with Crippen molar-refractivity contribution in [1.82, 2.24) is 0 Å². The molecular weight excluding hydrogens is 746 g/mol. The lowest BCUT2D eigenvalue weighted by atomic mass is 9.75. The largest absolute Gasteiger partial charge is 0.492 e. The van der Waals surface area contributed by atoms with Gasteiger partial charge in [-0.25, -0.2) is 0 Å². The summed E-state index contributed by atoms with van der Waals surface area (Å²) in [5.41, 5.74) is -0.318. The van der Waals surface area contributed by atoms with Crippen LogP contribution >= 0.6 is 46.4 Å². The minimum absolute atomic E-state index is 0.00549. The summed E-state index contributed by atoms with van der Waals surface area (Å²) in [7, 11) is 0. The molecule has 0 saturated carbocycles. The van der Waals surface area contributed by atoms with Gasteiger partial charge in [-0.1, -0.05) is 73.4 Å². The van der Waals surface area contributed by atoms with Crippen molar-refractivity contribution in [3.8, 4) is 34.5 Å². The minimum atomic E-state index is -1.72. The topological polar surface area (TPSA) is 92.3 Å². The number of ether oxygens (including phenoxy) is 10. The first-order valence-electron chi connectivity index (χ1n) is 17.1. The Morgan fingerprint density at radius 3 is 0.843 bits per heavy atom. The van der Waals surface area contributed by atoms with Crippen LogP contribution in [0.2, 0.25) is 20.1 Å². The van der Waals surface area contributed by atoms with Crippen molar-refractivity contribution < 1.29 is 47.4 Å². The van der Waals surface area contributed by atoms with Crippen molar-refractivity contribution >= 4 is 46.4 Å². The summed E-state index contributed by atoms with van der Waals surface area (Å²) in [6.07, 6.45) is 2.75. The maximum atomic E-state index is 7.16. The van der Waals surface area contributed by atoms with E-state index in [1.807, 2.05) is 41.5 Å². The first-order chi connectivity index (χ1) is 24.2. The summed E-state index contributed by atoms with van der Waals surface area (Å²) in [5, 5.41) is 0.0973. The molecule has 0 aliphatic carbocycles. The highest BCUT2D eigenvalue weighted by Gasteiger charge is 2.45. The van der Waals surface area contributed by atoms with E-state index in [2.05, 4.69) is 13.2 Å². The summed E-state index contributed by atoms with van der Waals surface area (Å²) >= 11 is 28.6. The molecule has 0 aliphatic heterocycles. The highest BCUT2D eigenvalue weighted by molar-refractivity contribution is 6.40. The summed E-state index contributed by atoms with van der Waals surface area (Å²) in [6, 6.07) is 0. The third-order valence-corrected chi connectivity index (χ3v) is 8.65. The van der Waals surface area contributed by atoms with E-state index < -0.39 is 17.4 Å². The van der Waals surface area contributed by atoms with Gasteiger partial charge in [0.05, 0.1) is 52.9 Å². The zero-order chi connectivity index (χ0) is 38.6. The molecule has 0 atom stereocenters. The van der Waals surface area contributed by atoms with E-state index in [0.29, 0.717) is 11.1 Å². The minimum Gasteiger partial charge on any atom is -0.492 e. The van der Waals surface area contributed by atoms with E-state index in [0.717, 1.165) is 0 Å². The Labute approximate surface area is 323 Å². The Bertz CT molecular complexity index is 1290. The zero-order valence-electron chi connectivity index (χ0n) is 31.3. The van der Waals surface area contributed by atoms with Crippen molar-refractivity contribution in [2.24, 2.45) is 0 Å². The Morgan fingerprint density at radius 1 is 0.431 bits per heavy atom. The molecule has 2 aromatic rings. The lowest BCUT2D eigenvalue weighted by Crippen LogP contribution is -2.40. The molecule has 0 bridgehead atoms. The monoisotopic (exact) mass is 796 g/mol. The fraction of sp³-hybridized carbons (Fsp3) is 0.568. The molecule has 0 radical (unpaired) electrons. The number of hydrogen-bond donors (Lipinski definition) is 0. The van der Waals surface area contributed by atoms with Crippen LogP contribution in [0, 0.1) is 0 Å². The number of benzene rings is 2. The second kappa shape index (κ2) is 20.3. The maximum Gasteiger partial charge on any atom is 0.348 e. The third kappa shape index (κ3) is 9.64. The van der Waals surface area contributed by atoms with Crippen LogP contribution in [0.25, 0.3) is 0 Å². The second-order valence-electron chi connectivity index (χ2n) is 10.9. The van der Waals surface area contributed by atoms with E-state index in [1.54, 1.807) is 27.7 Å². The number of rotatable bonds is 24. The van der Waals surface area contributed by atoms with E-state index >= 15 is 0 Å². The molecule has 0 aliphatic rings. The molecule has 0 unspecified atom stereocenters. The van der Waals surface area contributed by atoms with Crippen LogP contribution in [-0.2, 0) is 24.4 Å².